The number of halogens is 3. The first-order valence-corrected chi connectivity index (χ1v) is 20.1. The van der Waals surface area contributed by atoms with Gasteiger partial charge < -0.3 is 14.9 Å². The fraction of sp³-hybridized carbons (Fsp3) is 0. The number of rotatable bonds is 3. The van der Waals surface area contributed by atoms with E-state index < -0.39 is 5.96 Å². The minimum absolute atomic E-state index is 0. The molecule has 0 atom stereocenters. The smallest absolute Gasteiger partial charge is 0.358 e. The van der Waals surface area contributed by atoms with Crippen molar-refractivity contribution >= 4 is 63.4 Å². The molecule has 3 aromatic rings. The van der Waals surface area contributed by atoms with Crippen LogP contribution < -0.4 is 15.9 Å². The van der Waals surface area contributed by atoms with Crippen molar-refractivity contribution in [1.29, 1.82) is 0 Å². The second-order valence-electron chi connectivity index (χ2n) is 4.64. The molecule has 0 amide bonds. The number of hydrogen-bond acceptors (Lipinski definition) is 0. The van der Waals surface area contributed by atoms with Gasteiger partial charge in [0.1, 0.15) is 15.9 Å². The van der Waals surface area contributed by atoms with Crippen molar-refractivity contribution in [2.24, 2.45) is 0 Å². The molecule has 0 fully saturated rings. The molecule has 0 bridgehead atoms. The van der Waals surface area contributed by atoms with Crippen molar-refractivity contribution in [1.82, 2.24) is 0 Å². The Morgan fingerprint density at radius 1 is 0.520 bits per heavy atom. The van der Waals surface area contributed by atoms with Gasteiger partial charge in [0, 0.05) is 0 Å². The summed E-state index contributed by atoms with van der Waals surface area (Å²) in [4.78, 5) is 0. The minimum Gasteiger partial charge on any atom is -0.358 e. The van der Waals surface area contributed by atoms with Crippen LogP contribution in [-0.4, -0.2) is 0 Å². The molecule has 0 aliphatic heterocycles. The molecule has 0 saturated carbocycles. The first-order chi connectivity index (χ1) is 11.2. The summed E-state index contributed by atoms with van der Waals surface area (Å²) < 4.78 is 0. The summed E-state index contributed by atoms with van der Waals surface area (Å²) in [6.07, 6.45) is 0. The average molecular weight is 729 g/mol. The summed E-state index contributed by atoms with van der Waals surface area (Å²) in [5.74, 6) is -1.71. The molecule has 0 heterocycles. The van der Waals surface area contributed by atoms with Crippen LogP contribution in [0, 0.1) is 14.9 Å². The predicted octanol–water partition coefficient (Wildman–Crippen LogP) is 6.88. The van der Waals surface area contributed by atoms with Gasteiger partial charge in [0.25, 0.3) is 0 Å². The Bertz CT molecular complexity index is 597. The van der Waals surface area contributed by atoms with Crippen molar-refractivity contribution in [3.63, 3.8) is 0 Å². The molecule has 0 aromatic heterocycles. The summed E-state index contributed by atoms with van der Waals surface area (Å²) in [6, 6.07) is 32.1. The van der Waals surface area contributed by atoms with Gasteiger partial charge in [-0.05, 0) is 36.4 Å². The van der Waals surface area contributed by atoms with Crippen LogP contribution in [0.3, 0.4) is 0 Å². The van der Waals surface area contributed by atoms with Crippen molar-refractivity contribution in [2.75, 3.05) is 0 Å². The Morgan fingerprint density at radius 2 is 0.720 bits per heavy atom. The molecule has 3 aromatic carbocycles. The second-order valence-corrected chi connectivity index (χ2v) is 20.0. The molecule has 0 spiro atoms. The van der Waals surface area contributed by atoms with E-state index in [1.165, 1.54) is 15.9 Å². The molecule has 5 heteroatoms. The molecule has 0 aliphatic rings. The average Bonchev–Trinajstić information content (AvgIpc) is 2.64. The third-order valence-electron chi connectivity index (χ3n) is 3.34. The quantitative estimate of drug-likeness (QED) is 0.157. The van der Waals surface area contributed by atoms with Gasteiger partial charge >= 0.3 is 41.5 Å². The Labute approximate surface area is 183 Å². The van der Waals surface area contributed by atoms with Crippen molar-refractivity contribution in [3.8, 4) is 0 Å². The summed E-state index contributed by atoms with van der Waals surface area (Å²) in [7, 11) is 0. The van der Waals surface area contributed by atoms with Crippen LogP contribution in [0.15, 0.2) is 91.0 Å². The fourth-order valence-electron chi connectivity index (χ4n) is 2.35. The van der Waals surface area contributed by atoms with E-state index in [9.17, 15) is 0 Å². The van der Waals surface area contributed by atoms with Gasteiger partial charge in [-0.2, -0.15) is 0 Å². The van der Waals surface area contributed by atoms with E-state index in [1.54, 1.807) is 0 Å². The van der Waals surface area contributed by atoms with Gasteiger partial charge in [-0.3, -0.25) is 0 Å². The second kappa shape index (κ2) is 13.4. The summed E-state index contributed by atoms with van der Waals surface area (Å²) in [5.41, 5.74) is 0. The molecule has 25 heavy (non-hydrogen) atoms. The summed E-state index contributed by atoms with van der Waals surface area (Å²) >= 11 is 10.7. The van der Waals surface area contributed by atoms with E-state index in [2.05, 4.69) is 133 Å². The maximum absolute atomic E-state index is 4.12. The van der Waals surface area contributed by atoms with Gasteiger partial charge in [0.15, 0.2) is 21.5 Å². The zero-order valence-electron chi connectivity index (χ0n) is 14.0. The van der Waals surface area contributed by atoms with E-state index in [0.29, 0.717) is 15.5 Å². The fourth-order valence-corrected chi connectivity index (χ4v) is 7.12. The van der Waals surface area contributed by atoms with E-state index in [1.807, 2.05) is 0 Å². The molecular weight excluding hydrogens is 708 g/mol. The normalized spacial score (nSPS) is 9.88. The van der Waals surface area contributed by atoms with E-state index in [4.69, 9.17) is 0 Å². The molecule has 0 unspecified atom stereocenters. The SMILES string of the molecule is Br[P+](c1ccccc1)(c1ccccc1)c1ccccc1.[Br][Au-][Br].[CH3-].[CH3-]. The first kappa shape index (κ1) is 25.3. The molecule has 140 valence electrons. The van der Waals surface area contributed by atoms with Crippen LogP contribution in [0.5, 0.6) is 0 Å². The van der Waals surface area contributed by atoms with E-state index in [-0.39, 0.29) is 14.9 Å². The molecular formula is C20H21AuBr3P-2. The Kier molecular flexibility index (Phi) is 13.6. The summed E-state index contributed by atoms with van der Waals surface area (Å²) in [6.45, 7) is 0. The molecule has 0 nitrogen and oxygen atoms in total. The van der Waals surface area contributed by atoms with Crippen LogP contribution >= 0.6 is 47.5 Å². The van der Waals surface area contributed by atoms with Crippen LogP contribution in [0.1, 0.15) is 0 Å². The van der Waals surface area contributed by atoms with Crippen LogP contribution in [0.25, 0.3) is 0 Å². The van der Waals surface area contributed by atoms with Crippen molar-refractivity contribution < 1.29 is 15.5 Å². The topological polar surface area (TPSA) is 0 Å². The van der Waals surface area contributed by atoms with Crippen molar-refractivity contribution in [2.45, 2.75) is 0 Å². The van der Waals surface area contributed by atoms with E-state index in [0.717, 1.165) is 0 Å². The van der Waals surface area contributed by atoms with E-state index >= 15 is 0 Å². The maximum atomic E-state index is 4.12. The first-order valence-electron chi connectivity index (χ1n) is 6.80. The number of benzene rings is 3. The predicted molar refractivity (Wildman–Crippen MR) is 125 cm³/mol. The zero-order chi connectivity index (χ0) is 16.5. The summed E-state index contributed by atoms with van der Waals surface area (Å²) in [5, 5.41) is 4.03. The Balaban J connectivity index is 0.00000108. The largest absolute Gasteiger partial charge is 0.358 e. The van der Waals surface area contributed by atoms with Crippen LogP contribution in [-0.2, 0) is 15.5 Å². The third-order valence-corrected chi connectivity index (χ3v) is 10.1. The molecule has 0 saturated heterocycles. The minimum atomic E-state index is -1.71. The Hall–Kier alpha value is 0.270. The zero-order valence-corrected chi connectivity index (χ0v) is 21.9. The van der Waals surface area contributed by atoms with Gasteiger partial charge in [-0.15, -0.1) is 0 Å². The standard InChI is InChI=1S/C18H15BrP.2CH3.Au.2BrH/c19-20(16-10-4-1-5-11-16,17-12-6-2-7-13-17)18-14-8-3-9-15-18;;;;;/h1-15H;2*1H3;;2*1H/q+1;2*-1;+1;;/p-2. The van der Waals surface area contributed by atoms with Crippen LogP contribution in [0.2, 0.25) is 0 Å². The molecule has 0 radical (unpaired) electrons. The monoisotopic (exact) mass is 726 g/mol. The third kappa shape index (κ3) is 6.74. The number of hydrogen-bond donors (Lipinski definition) is 0. The Morgan fingerprint density at radius 3 is 0.920 bits per heavy atom. The molecule has 0 N–H and O–H groups in total. The van der Waals surface area contributed by atoms with Gasteiger partial charge in [-0.25, -0.2) is 0 Å². The maximum Gasteiger partial charge on any atom is -0.358 e. The van der Waals surface area contributed by atoms with Crippen LogP contribution in [0.4, 0.5) is 0 Å². The molecule has 0 aliphatic carbocycles. The van der Waals surface area contributed by atoms with Crippen molar-refractivity contribution in [3.05, 3.63) is 106 Å². The van der Waals surface area contributed by atoms with Gasteiger partial charge in [0.05, 0.1) is 0 Å². The van der Waals surface area contributed by atoms with Gasteiger partial charge in [-0.1, -0.05) is 54.6 Å². The van der Waals surface area contributed by atoms with Gasteiger partial charge in [0.2, 0.25) is 0 Å². The molecule has 3 rings (SSSR count).